The molecule has 3 amide bonds. The molecule has 0 aliphatic carbocycles. The number of hydroxylamine groups is 1. The molecule has 0 aromatic heterocycles. The summed E-state index contributed by atoms with van der Waals surface area (Å²) in [6, 6.07) is 13.1. The highest BCUT2D eigenvalue weighted by Crippen LogP contribution is 2.21. The highest BCUT2D eigenvalue weighted by molar-refractivity contribution is 6.08. The third-order valence-corrected chi connectivity index (χ3v) is 4.37. The molecule has 2 aromatic rings. The van der Waals surface area contributed by atoms with Crippen LogP contribution in [0.1, 0.15) is 15.9 Å². The van der Waals surface area contributed by atoms with Crippen molar-refractivity contribution in [1.29, 1.82) is 0 Å². The van der Waals surface area contributed by atoms with Gasteiger partial charge in [0.15, 0.2) is 6.04 Å². The minimum atomic E-state index is -1.50. The summed E-state index contributed by atoms with van der Waals surface area (Å²) in [5.41, 5.74) is 4.54. The number of amides is 3. The van der Waals surface area contributed by atoms with Gasteiger partial charge in [0.25, 0.3) is 17.7 Å². The molecule has 0 radical (unpaired) electrons. The SMILES string of the molecule is CNC(=O)C(C(=O)NO)N(C)C(=O)c1ccc(-c2ccc(C=NN(C)C)cc2)cc1. The molecule has 1 atom stereocenters. The number of carbonyl (C=O) groups excluding carboxylic acids is 3. The van der Waals surface area contributed by atoms with Gasteiger partial charge < -0.3 is 15.2 Å². The first-order valence-electron chi connectivity index (χ1n) is 9.13. The van der Waals surface area contributed by atoms with Gasteiger partial charge in [0, 0.05) is 33.8 Å². The highest BCUT2D eigenvalue weighted by atomic mass is 16.5. The van der Waals surface area contributed by atoms with Crippen molar-refractivity contribution in [3.8, 4) is 11.1 Å². The Hall–Kier alpha value is -3.72. The predicted molar refractivity (Wildman–Crippen MR) is 113 cm³/mol. The average Bonchev–Trinajstić information content (AvgIpc) is 2.77. The zero-order valence-electron chi connectivity index (χ0n) is 17.3. The lowest BCUT2D eigenvalue weighted by atomic mass is 10.0. The maximum absolute atomic E-state index is 12.7. The third kappa shape index (κ3) is 5.42. The third-order valence-electron chi connectivity index (χ3n) is 4.37. The van der Waals surface area contributed by atoms with Crippen molar-refractivity contribution in [2.45, 2.75) is 6.04 Å². The topological polar surface area (TPSA) is 114 Å². The number of nitrogens with zero attached hydrogens (tertiary/aromatic N) is 3. The fourth-order valence-corrected chi connectivity index (χ4v) is 2.74. The van der Waals surface area contributed by atoms with Crippen LogP contribution in [0, 0.1) is 0 Å². The molecular weight excluding hydrogens is 386 g/mol. The van der Waals surface area contributed by atoms with Crippen LogP contribution in [0.3, 0.4) is 0 Å². The molecule has 158 valence electrons. The molecule has 30 heavy (non-hydrogen) atoms. The van der Waals surface area contributed by atoms with Crippen LogP contribution < -0.4 is 10.8 Å². The number of likely N-dealkylation sites (N-methyl/N-ethyl adjacent to an activating group) is 2. The van der Waals surface area contributed by atoms with Crippen LogP contribution in [0.4, 0.5) is 0 Å². The standard InChI is InChI=1S/C21H25N5O4/c1-22-19(27)18(20(28)24-30)26(4)21(29)17-11-9-16(10-12-17)15-7-5-14(6-8-15)13-23-25(2)3/h5-13,18,30H,1-4H3,(H,22,27)(H,24,28). The molecule has 0 aliphatic rings. The smallest absolute Gasteiger partial charge is 0.275 e. The van der Waals surface area contributed by atoms with Crippen molar-refractivity contribution >= 4 is 23.9 Å². The molecule has 0 saturated carbocycles. The quantitative estimate of drug-likeness (QED) is 0.272. The first-order chi connectivity index (χ1) is 14.3. The molecule has 9 heteroatoms. The molecule has 2 aromatic carbocycles. The molecule has 9 nitrogen and oxygen atoms in total. The Morgan fingerprint density at radius 1 is 0.933 bits per heavy atom. The average molecular weight is 411 g/mol. The number of nitrogens with one attached hydrogen (secondary N) is 2. The molecule has 0 spiro atoms. The van der Waals surface area contributed by atoms with Crippen molar-refractivity contribution in [2.75, 3.05) is 28.2 Å². The molecule has 0 aliphatic heterocycles. The lowest BCUT2D eigenvalue weighted by Gasteiger charge is -2.25. The Labute approximate surface area is 174 Å². The second-order valence-electron chi connectivity index (χ2n) is 6.70. The van der Waals surface area contributed by atoms with Crippen molar-refractivity contribution in [3.63, 3.8) is 0 Å². The summed E-state index contributed by atoms with van der Waals surface area (Å²) in [6.45, 7) is 0. The van der Waals surface area contributed by atoms with E-state index in [-0.39, 0.29) is 0 Å². The number of benzene rings is 2. The second kappa shape index (κ2) is 10.2. The van der Waals surface area contributed by atoms with Crippen LogP contribution in [0.25, 0.3) is 11.1 Å². The maximum atomic E-state index is 12.7. The van der Waals surface area contributed by atoms with E-state index in [1.165, 1.54) is 19.6 Å². The summed E-state index contributed by atoms with van der Waals surface area (Å²) >= 11 is 0. The van der Waals surface area contributed by atoms with Crippen LogP contribution in [0.5, 0.6) is 0 Å². The lowest BCUT2D eigenvalue weighted by molar-refractivity contribution is -0.140. The maximum Gasteiger partial charge on any atom is 0.275 e. The van der Waals surface area contributed by atoms with E-state index in [2.05, 4.69) is 10.4 Å². The number of hydrogen-bond donors (Lipinski definition) is 3. The van der Waals surface area contributed by atoms with Gasteiger partial charge in [0.1, 0.15) is 0 Å². The minimum absolute atomic E-state index is 0.302. The highest BCUT2D eigenvalue weighted by Gasteiger charge is 2.33. The van der Waals surface area contributed by atoms with Crippen molar-refractivity contribution in [1.82, 2.24) is 20.7 Å². The summed E-state index contributed by atoms with van der Waals surface area (Å²) in [6.07, 6.45) is 1.76. The second-order valence-corrected chi connectivity index (χ2v) is 6.70. The van der Waals surface area contributed by atoms with E-state index in [0.717, 1.165) is 21.6 Å². The van der Waals surface area contributed by atoms with Crippen LogP contribution in [-0.4, -0.2) is 73.3 Å². The molecule has 1 unspecified atom stereocenters. The van der Waals surface area contributed by atoms with Crippen molar-refractivity contribution in [3.05, 3.63) is 59.7 Å². The fourth-order valence-electron chi connectivity index (χ4n) is 2.74. The van der Waals surface area contributed by atoms with Gasteiger partial charge >= 0.3 is 0 Å². The summed E-state index contributed by atoms with van der Waals surface area (Å²) in [5, 5.41) is 17.1. The number of hydrazone groups is 1. The summed E-state index contributed by atoms with van der Waals surface area (Å²) in [4.78, 5) is 37.4. The molecule has 0 heterocycles. The van der Waals surface area contributed by atoms with Gasteiger partial charge in [-0.2, -0.15) is 5.10 Å². The Bertz CT molecular complexity index is 907. The lowest BCUT2D eigenvalue weighted by Crippen LogP contribution is -2.54. The number of hydrogen-bond acceptors (Lipinski definition) is 6. The van der Waals surface area contributed by atoms with Crippen LogP contribution in [0.15, 0.2) is 53.6 Å². The fraction of sp³-hybridized carbons (Fsp3) is 0.238. The molecule has 3 N–H and O–H groups in total. The number of rotatable bonds is 7. The van der Waals surface area contributed by atoms with Crippen molar-refractivity contribution in [2.24, 2.45) is 5.10 Å². The van der Waals surface area contributed by atoms with E-state index in [4.69, 9.17) is 5.21 Å². The minimum Gasteiger partial charge on any atom is -0.357 e. The molecular formula is C21H25N5O4. The molecule has 0 fully saturated rings. The summed E-state index contributed by atoms with van der Waals surface area (Å²) < 4.78 is 0. The normalized spacial score (nSPS) is 11.6. The van der Waals surface area contributed by atoms with Crippen LogP contribution in [0.2, 0.25) is 0 Å². The summed E-state index contributed by atoms with van der Waals surface area (Å²) in [7, 11) is 6.35. The molecule has 0 bridgehead atoms. The molecule has 0 saturated heterocycles. The van der Waals surface area contributed by atoms with E-state index < -0.39 is 23.8 Å². The van der Waals surface area contributed by atoms with Gasteiger partial charge in [-0.3, -0.25) is 19.6 Å². The monoisotopic (exact) mass is 411 g/mol. The van der Waals surface area contributed by atoms with Gasteiger partial charge in [-0.25, -0.2) is 5.48 Å². The van der Waals surface area contributed by atoms with E-state index in [0.29, 0.717) is 5.56 Å². The first kappa shape index (κ1) is 22.6. The van der Waals surface area contributed by atoms with Gasteiger partial charge in [-0.1, -0.05) is 36.4 Å². The number of carbonyl (C=O) groups is 3. The predicted octanol–water partition coefficient (Wildman–Crippen LogP) is 0.941. The summed E-state index contributed by atoms with van der Waals surface area (Å²) in [5.74, 6) is -2.25. The molecule has 2 rings (SSSR count). The Balaban J connectivity index is 2.19. The van der Waals surface area contributed by atoms with E-state index in [9.17, 15) is 14.4 Å². The van der Waals surface area contributed by atoms with E-state index in [1.54, 1.807) is 35.5 Å². The van der Waals surface area contributed by atoms with Crippen molar-refractivity contribution < 1.29 is 19.6 Å². The van der Waals surface area contributed by atoms with Gasteiger partial charge in [-0.15, -0.1) is 0 Å². The zero-order valence-corrected chi connectivity index (χ0v) is 17.3. The van der Waals surface area contributed by atoms with E-state index in [1.807, 2.05) is 38.4 Å². The Morgan fingerprint density at radius 2 is 1.47 bits per heavy atom. The van der Waals surface area contributed by atoms with Gasteiger partial charge in [0.05, 0.1) is 6.21 Å². The van der Waals surface area contributed by atoms with Gasteiger partial charge in [0.2, 0.25) is 0 Å². The van der Waals surface area contributed by atoms with Crippen LogP contribution >= 0.6 is 0 Å². The largest absolute Gasteiger partial charge is 0.357 e. The van der Waals surface area contributed by atoms with Crippen LogP contribution in [-0.2, 0) is 9.59 Å². The Morgan fingerprint density at radius 3 is 1.93 bits per heavy atom. The first-order valence-corrected chi connectivity index (χ1v) is 9.13. The zero-order chi connectivity index (χ0) is 22.3. The Kier molecular flexibility index (Phi) is 7.65. The van der Waals surface area contributed by atoms with E-state index >= 15 is 0 Å². The van der Waals surface area contributed by atoms with Gasteiger partial charge in [-0.05, 0) is 28.8 Å².